The van der Waals surface area contributed by atoms with E-state index in [4.69, 9.17) is 0 Å². The zero-order chi connectivity index (χ0) is 28.2. The van der Waals surface area contributed by atoms with E-state index in [9.17, 15) is 14.4 Å². The maximum absolute atomic E-state index is 15.0. The topological polar surface area (TPSA) is 120 Å². The van der Waals surface area contributed by atoms with E-state index in [-0.39, 0.29) is 35.8 Å². The smallest absolute Gasteiger partial charge is 0.295 e. The first kappa shape index (κ1) is 27.1. The minimum absolute atomic E-state index is 0.00762. The number of amides is 2. The summed E-state index contributed by atoms with van der Waals surface area (Å²) in [5, 5.41) is 12.7. The summed E-state index contributed by atoms with van der Waals surface area (Å²) in [4.78, 5) is 48.8. The largest absolute Gasteiger partial charge is 0.360 e. The summed E-state index contributed by atoms with van der Waals surface area (Å²) in [6, 6.07) is 11.7. The number of tetrazole rings is 1. The second kappa shape index (κ2) is 11.7. The molecule has 1 aliphatic rings. The number of hydrogen-bond acceptors (Lipinski definition) is 7. The van der Waals surface area contributed by atoms with Crippen LogP contribution in [-0.4, -0.2) is 103 Å². The highest BCUT2D eigenvalue weighted by atomic mass is 19.1. The zero-order valence-corrected chi connectivity index (χ0v) is 22.5. The predicted octanol–water partition coefficient (Wildman–Crippen LogP) is 2.47. The van der Waals surface area contributed by atoms with Crippen LogP contribution in [0, 0.1) is 5.82 Å². The molecule has 4 aromatic rings. The Bertz CT molecular complexity index is 1520. The lowest BCUT2D eigenvalue weighted by molar-refractivity contribution is -0.127. The Morgan fingerprint density at radius 3 is 2.38 bits per heavy atom. The molecule has 1 fully saturated rings. The maximum Gasteiger partial charge on any atom is 0.295 e. The van der Waals surface area contributed by atoms with Crippen LogP contribution in [0.5, 0.6) is 0 Å². The lowest BCUT2D eigenvalue weighted by Crippen LogP contribution is -2.52. The maximum atomic E-state index is 15.0. The first-order valence-corrected chi connectivity index (χ1v) is 13.4. The van der Waals surface area contributed by atoms with Crippen LogP contribution in [-0.2, 0) is 11.3 Å². The second-order valence-corrected chi connectivity index (χ2v) is 9.56. The number of nitrogens with one attached hydrogen (secondary N) is 1. The Morgan fingerprint density at radius 2 is 1.68 bits per heavy atom. The van der Waals surface area contributed by atoms with E-state index >= 15 is 4.39 Å². The van der Waals surface area contributed by atoms with Gasteiger partial charge in [0.15, 0.2) is 0 Å². The van der Waals surface area contributed by atoms with Gasteiger partial charge in [-0.05, 0) is 42.6 Å². The summed E-state index contributed by atoms with van der Waals surface area (Å²) in [5.41, 5.74) is 1.31. The standard InChI is InChI=1S/C28H31FN8O3/c1-3-34(4-2)12-17-37-32-26(31-33-37)20-10-11-22(29)23-21(18-30-24(20)23)25(38)28(40)36-15-13-35(14-16-36)27(39)19-8-6-5-7-9-19/h5-11,18,30H,3-4,12-17H2,1-2H3. The second-order valence-electron chi connectivity index (χ2n) is 9.56. The van der Waals surface area contributed by atoms with E-state index in [1.807, 2.05) is 6.07 Å². The van der Waals surface area contributed by atoms with E-state index < -0.39 is 17.5 Å². The third-order valence-corrected chi connectivity index (χ3v) is 7.30. The van der Waals surface area contributed by atoms with Gasteiger partial charge in [-0.25, -0.2) is 4.39 Å². The van der Waals surface area contributed by atoms with Crippen LogP contribution >= 0.6 is 0 Å². The highest BCUT2D eigenvalue weighted by molar-refractivity contribution is 6.45. The molecule has 5 rings (SSSR count). The molecule has 0 saturated carbocycles. The van der Waals surface area contributed by atoms with Crippen molar-refractivity contribution in [2.75, 3.05) is 45.8 Å². The number of hydrogen-bond donors (Lipinski definition) is 1. The third kappa shape index (κ3) is 5.34. The summed E-state index contributed by atoms with van der Waals surface area (Å²) < 4.78 is 15.0. The SMILES string of the molecule is CCN(CC)CCn1nnc(-c2ccc(F)c3c(C(=O)C(=O)N4CCN(C(=O)c5ccccc5)CC4)c[nH]c23)n1. The molecule has 12 heteroatoms. The Kier molecular flexibility index (Phi) is 7.96. The van der Waals surface area contributed by atoms with Crippen molar-refractivity contribution in [3.63, 3.8) is 0 Å². The Labute approximate surface area is 230 Å². The number of halogens is 1. The number of carbonyl (C=O) groups is 3. The number of H-pyrrole nitrogens is 1. The molecular formula is C28H31FN8O3. The van der Waals surface area contributed by atoms with E-state index in [0.29, 0.717) is 36.3 Å². The van der Waals surface area contributed by atoms with E-state index in [2.05, 4.69) is 39.1 Å². The Balaban J connectivity index is 1.30. The number of rotatable bonds is 9. The molecular weight excluding hydrogens is 515 g/mol. The normalized spacial score (nSPS) is 13.8. The fourth-order valence-electron chi connectivity index (χ4n) is 4.92. The summed E-state index contributed by atoms with van der Waals surface area (Å²) >= 11 is 0. The van der Waals surface area contributed by atoms with Crippen molar-refractivity contribution in [2.45, 2.75) is 20.4 Å². The van der Waals surface area contributed by atoms with Crippen LogP contribution in [0.3, 0.4) is 0 Å². The van der Waals surface area contributed by atoms with Crippen LogP contribution in [0.4, 0.5) is 4.39 Å². The summed E-state index contributed by atoms with van der Waals surface area (Å²) in [6.45, 7) is 8.32. The van der Waals surface area contributed by atoms with E-state index in [0.717, 1.165) is 19.6 Å². The number of piperazine rings is 1. The van der Waals surface area contributed by atoms with Gasteiger partial charge in [0, 0.05) is 55.4 Å². The van der Waals surface area contributed by atoms with Gasteiger partial charge in [0.2, 0.25) is 5.82 Å². The third-order valence-electron chi connectivity index (χ3n) is 7.30. The minimum atomic E-state index is -0.819. The summed E-state index contributed by atoms with van der Waals surface area (Å²) in [6.07, 6.45) is 1.34. The van der Waals surface area contributed by atoms with Gasteiger partial charge in [-0.2, -0.15) is 4.80 Å². The number of aromatic amines is 1. The molecule has 0 spiro atoms. The van der Waals surface area contributed by atoms with Crippen molar-refractivity contribution in [1.82, 2.24) is 39.9 Å². The molecule has 0 radical (unpaired) electrons. The molecule has 0 unspecified atom stereocenters. The average Bonchev–Trinajstić information content (AvgIpc) is 3.66. The molecule has 1 saturated heterocycles. The number of carbonyl (C=O) groups excluding carboxylic acids is 3. The van der Waals surface area contributed by atoms with Gasteiger partial charge in [-0.1, -0.05) is 32.0 Å². The molecule has 40 heavy (non-hydrogen) atoms. The molecule has 208 valence electrons. The number of likely N-dealkylation sites (N-methyl/N-ethyl adjacent to an activating group) is 1. The molecule has 2 aromatic carbocycles. The lowest BCUT2D eigenvalue weighted by Gasteiger charge is -2.34. The molecule has 1 aliphatic heterocycles. The number of nitrogens with zero attached hydrogens (tertiary/aromatic N) is 7. The molecule has 0 bridgehead atoms. The number of fused-ring (bicyclic) bond motifs is 1. The van der Waals surface area contributed by atoms with E-state index in [1.54, 1.807) is 29.2 Å². The van der Waals surface area contributed by atoms with Gasteiger partial charge in [-0.15, -0.1) is 10.2 Å². The number of benzene rings is 2. The van der Waals surface area contributed by atoms with Gasteiger partial charge in [-0.3, -0.25) is 14.4 Å². The van der Waals surface area contributed by atoms with Crippen LogP contribution in [0.25, 0.3) is 22.3 Å². The molecule has 0 atom stereocenters. The van der Waals surface area contributed by atoms with Crippen LogP contribution < -0.4 is 0 Å². The van der Waals surface area contributed by atoms with Gasteiger partial charge in [0.25, 0.3) is 17.6 Å². The molecule has 3 heterocycles. The van der Waals surface area contributed by atoms with Crippen molar-refractivity contribution in [1.29, 1.82) is 0 Å². The van der Waals surface area contributed by atoms with Crippen LogP contribution in [0.1, 0.15) is 34.6 Å². The van der Waals surface area contributed by atoms with Crippen molar-refractivity contribution in [3.05, 3.63) is 65.6 Å². The zero-order valence-electron chi connectivity index (χ0n) is 22.5. The molecule has 1 N–H and O–H groups in total. The first-order valence-electron chi connectivity index (χ1n) is 13.4. The quantitative estimate of drug-likeness (QED) is 0.253. The van der Waals surface area contributed by atoms with Gasteiger partial charge in [0.1, 0.15) is 5.82 Å². The summed E-state index contributed by atoms with van der Waals surface area (Å²) in [7, 11) is 0. The fraction of sp³-hybridized carbons (Fsp3) is 0.357. The van der Waals surface area contributed by atoms with Crippen LogP contribution in [0.2, 0.25) is 0 Å². The van der Waals surface area contributed by atoms with Crippen molar-refractivity contribution in [3.8, 4) is 11.4 Å². The highest BCUT2D eigenvalue weighted by Gasteiger charge is 2.31. The monoisotopic (exact) mass is 546 g/mol. The Morgan fingerprint density at radius 1 is 0.975 bits per heavy atom. The molecule has 2 amide bonds. The fourth-order valence-corrected chi connectivity index (χ4v) is 4.92. The van der Waals surface area contributed by atoms with E-state index in [1.165, 1.54) is 28.0 Å². The van der Waals surface area contributed by atoms with Crippen molar-refractivity contribution in [2.24, 2.45) is 0 Å². The summed E-state index contributed by atoms with van der Waals surface area (Å²) in [5.74, 6) is -2.03. The number of ketones is 1. The average molecular weight is 547 g/mol. The van der Waals surface area contributed by atoms with Crippen LogP contribution in [0.15, 0.2) is 48.7 Å². The first-order chi connectivity index (χ1) is 19.4. The molecule has 11 nitrogen and oxygen atoms in total. The predicted molar refractivity (Wildman–Crippen MR) is 146 cm³/mol. The number of Topliss-reactive ketones (excluding diaryl/α,β-unsaturated/α-hetero) is 1. The molecule has 0 aliphatic carbocycles. The van der Waals surface area contributed by atoms with Crippen molar-refractivity contribution < 1.29 is 18.8 Å². The van der Waals surface area contributed by atoms with Gasteiger partial charge in [0.05, 0.1) is 17.6 Å². The Hall–Kier alpha value is -4.45. The lowest BCUT2D eigenvalue weighted by atomic mass is 10.0. The highest BCUT2D eigenvalue weighted by Crippen LogP contribution is 2.30. The minimum Gasteiger partial charge on any atom is -0.360 e. The van der Waals surface area contributed by atoms with Gasteiger partial charge >= 0.3 is 0 Å². The van der Waals surface area contributed by atoms with Crippen molar-refractivity contribution >= 4 is 28.5 Å². The van der Waals surface area contributed by atoms with Gasteiger partial charge < -0.3 is 19.7 Å². The number of aromatic nitrogens is 5. The molecule has 2 aromatic heterocycles.